The molecule has 0 unspecified atom stereocenters. The van der Waals surface area contributed by atoms with E-state index in [0.717, 1.165) is 7.28 Å². The van der Waals surface area contributed by atoms with Gasteiger partial charge in [0.2, 0.25) is 0 Å². The van der Waals surface area contributed by atoms with Crippen LogP contribution in [0.3, 0.4) is 0 Å². The van der Waals surface area contributed by atoms with Crippen molar-refractivity contribution in [1.29, 1.82) is 0 Å². The highest BCUT2D eigenvalue weighted by Crippen LogP contribution is 2.33. The third-order valence-electron chi connectivity index (χ3n) is 5.88. The van der Waals surface area contributed by atoms with Gasteiger partial charge in [-0.25, -0.2) is 0 Å². The zero-order valence-electron chi connectivity index (χ0n) is 19.4. The van der Waals surface area contributed by atoms with Crippen molar-refractivity contribution >= 4 is 12.7 Å². The lowest BCUT2D eigenvalue weighted by Crippen LogP contribution is -2.28. The summed E-state index contributed by atoms with van der Waals surface area (Å²) >= 11 is 0. The normalized spacial score (nSPS) is 11.4. The van der Waals surface area contributed by atoms with Crippen LogP contribution in [0.4, 0.5) is 0 Å². The molecule has 0 nitrogen and oxygen atoms in total. The Morgan fingerprint density at radius 1 is 0.484 bits per heavy atom. The second-order valence-corrected chi connectivity index (χ2v) is 9.86. The summed E-state index contributed by atoms with van der Waals surface area (Å²) in [5.41, 5.74) is 11.8. The topological polar surface area (TPSA) is 0 Å². The quantitative estimate of drug-likeness (QED) is 0.309. The summed E-state index contributed by atoms with van der Waals surface area (Å²) in [4.78, 5) is 0. The molecule has 4 rings (SSSR count). The lowest BCUT2D eigenvalue weighted by molar-refractivity contribution is 0.759. The van der Waals surface area contributed by atoms with Crippen LogP contribution in [0.5, 0.6) is 0 Å². The van der Waals surface area contributed by atoms with Crippen LogP contribution < -0.4 is 5.46 Å². The van der Waals surface area contributed by atoms with Gasteiger partial charge < -0.3 is 0 Å². The minimum Gasteiger partial charge on any atom is -0.0782 e. The first-order chi connectivity index (χ1) is 14.8. The molecular weight excluding hydrogens is 371 g/mol. The standard InChI is InChI=1S/C30H31B/c1-21-16-25(17-22(2)29(21)31-30(3,4)5)28-19-26(23-12-8-6-9-13-23)18-27(20-28)24-14-10-7-11-15-24/h6-20,31H,1-5H3. The van der Waals surface area contributed by atoms with Gasteiger partial charge in [-0.15, -0.1) is 0 Å². The molecule has 0 atom stereocenters. The largest absolute Gasteiger partial charge is 0.163 e. The number of rotatable bonds is 4. The average molecular weight is 402 g/mol. The zero-order valence-corrected chi connectivity index (χ0v) is 19.4. The molecular formula is C30H31B. The zero-order chi connectivity index (χ0) is 22.0. The van der Waals surface area contributed by atoms with Crippen LogP contribution in [0.25, 0.3) is 33.4 Å². The molecule has 0 aliphatic heterocycles. The molecule has 0 amide bonds. The maximum atomic E-state index is 2.37. The van der Waals surface area contributed by atoms with Gasteiger partial charge in [0.25, 0.3) is 0 Å². The van der Waals surface area contributed by atoms with Crippen LogP contribution in [-0.2, 0) is 0 Å². The third kappa shape index (κ3) is 4.99. The van der Waals surface area contributed by atoms with E-state index in [1.54, 1.807) is 0 Å². The van der Waals surface area contributed by atoms with Gasteiger partial charge >= 0.3 is 0 Å². The fraction of sp³-hybridized carbons (Fsp3) is 0.200. The first-order valence-corrected chi connectivity index (χ1v) is 11.2. The molecule has 0 heterocycles. The van der Waals surface area contributed by atoms with Gasteiger partial charge in [-0.3, -0.25) is 0 Å². The number of hydrogen-bond acceptors (Lipinski definition) is 0. The molecule has 0 bridgehead atoms. The smallest absolute Gasteiger partial charge is 0.0782 e. The van der Waals surface area contributed by atoms with Crippen molar-refractivity contribution in [3.63, 3.8) is 0 Å². The fourth-order valence-electron chi connectivity index (χ4n) is 4.36. The van der Waals surface area contributed by atoms with Crippen molar-refractivity contribution in [1.82, 2.24) is 0 Å². The van der Waals surface area contributed by atoms with E-state index in [2.05, 4.69) is 126 Å². The van der Waals surface area contributed by atoms with Gasteiger partial charge in [0.15, 0.2) is 7.28 Å². The van der Waals surface area contributed by atoms with Crippen LogP contribution in [0.15, 0.2) is 91.0 Å². The SMILES string of the molecule is Cc1cc(-c2cc(-c3ccccc3)cc(-c3ccccc3)c2)cc(C)c1BC(C)(C)C. The van der Waals surface area contributed by atoms with Crippen molar-refractivity contribution in [2.75, 3.05) is 0 Å². The molecule has 0 aromatic heterocycles. The van der Waals surface area contributed by atoms with Crippen molar-refractivity contribution in [2.45, 2.75) is 39.9 Å². The highest BCUT2D eigenvalue weighted by atomic mass is 14.1. The average Bonchev–Trinajstić information content (AvgIpc) is 2.76. The lowest BCUT2D eigenvalue weighted by Gasteiger charge is -2.21. The number of hydrogen-bond donors (Lipinski definition) is 0. The van der Waals surface area contributed by atoms with E-state index in [1.165, 1.54) is 50.0 Å². The Hall–Kier alpha value is -3.06. The second-order valence-electron chi connectivity index (χ2n) is 9.86. The second kappa shape index (κ2) is 8.59. The molecule has 31 heavy (non-hydrogen) atoms. The Bertz CT molecular complexity index is 1100. The maximum absolute atomic E-state index is 2.37. The highest BCUT2D eigenvalue weighted by molar-refractivity contribution is 6.57. The highest BCUT2D eigenvalue weighted by Gasteiger charge is 2.18. The van der Waals surface area contributed by atoms with E-state index in [-0.39, 0.29) is 5.31 Å². The molecule has 0 saturated heterocycles. The third-order valence-corrected chi connectivity index (χ3v) is 5.88. The maximum Gasteiger partial charge on any atom is 0.163 e. The van der Waals surface area contributed by atoms with Crippen molar-refractivity contribution < 1.29 is 0 Å². The molecule has 0 spiro atoms. The van der Waals surface area contributed by atoms with Crippen LogP contribution >= 0.6 is 0 Å². The molecule has 0 aliphatic rings. The molecule has 154 valence electrons. The van der Waals surface area contributed by atoms with Crippen molar-refractivity contribution in [2.24, 2.45) is 0 Å². The van der Waals surface area contributed by atoms with Crippen molar-refractivity contribution in [3.05, 3.63) is 102 Å². The molecule has 0 saturated carbocycles. The van der Waals surface area contributed by atoms with Gasteiger partial charge in [-0.05, 0) is 65.4 Å². The monoisotopic (exact) mass is 402 g/mol. The Kier molecular flexibility index (Phi) is 5.87. The van der Waals surface area contributed by atoms with E-state index >= 15 is 0 Å². The predicted molar refractivity (Wildman–Crippen MR) is 139 cm³/mol. The van der Waals surface area contributed by atoms with Gasteiger partial charge in [0, 0.05) is 0 Å². The lowest BCUT2D eigenvalue weighted by atomic mass is 9.49. The summed E-state index contributed by atoms with van der Waals surface area (Å²) in [5.74, 6) is 0. The first-order valence-electron chi connectivity index (χ1n) is 11.2. The first kappa shape index (κ1) is 21.2. The molecule has 1 heteroatoms. The van der Waals surface area contributed by atoms with Gasteiger partial charge in [0.1, 0.15) is 0 Å². The molecule has 4 aromatic carbocycles. The minimum atomic E-state index is 0.282. The number of aryl methyl sites for hydroxylation is 2. The Morgan fingerprint density at radius 2 is 0.839 bits per heavy atom. The molecule has 4 aromatic rings. The van der Waals surface area contributed by atoms with E-state index in [9.17, 15) is 0 Å². The van der Waals surface area contributed by atoms with Crippen LogP contribution in [0.2, 0.25) is 5.31 Å². The van der Waals surface area contributed by atoms with Gasteiger partial charge in [-0.1, -0.05) is 115 Å². The Morgan fingerprint density at radius 3 is 1.23 bits per heavy atom. The Balaban J connectivity index is 1.86. The van der Waals surface area contributed by atoms with Gasteiger partial charge in [0.05, 0.1) is 0 Å². The van der Waals surface area contributed by atoms with Crippen LogP contribution in [-0.4, -0.2) is 7.28 Å². The molecule has 0 radical (unpaired) electrons. The summed E-state index contributed by atoms with van der Waals surface area (Å²) in [6.45, 7) is 11.5. The number of benzene rings is 4. The van der Waals surface area contributed by atoms with E-state index in [4.69, 9.17) is 0 Å². The molecule has 0 fully saturated rings. The van der Waals surface area contributed by atoms with E-state index in [1.807, 2.05) is 0 Å². The minimum absolute atomic E-state index is 0.282. The van der Waals surface area contributed by atoms with E-state index < -0.39 is 0 Å². The summed E-state index contributed by atoms with van der Waals surface area (Å²) in [6.07, 6.45) is 0. The summed E-state index contributed by atoms with van der Waals surface area (Å²) in [5, 5.41) is 0.282. The van der Waals surface area contributed by atoms with Crippen molar-refractivity contribution in [3.8, 4) is 33.4 Å². The molecule has 0 aliphatic carbocycles. The summed E-state index contributed by atoms with van der Waals surface area (Å²) in [6, 6.07) is 33.1. The van der Waals surface area contributed by atoms with Crippen LogP contribution in [0, 0.1) is 13.8 Å². The fourth-order valence-corrected chi connectivity index (χ4v) is 4.36. The molecule has 0 N–H and O–H groups in total. The predicted octanol–water partition coefficient (Wildman–Crippen LogP) is 7.58. The van der Waals surface area contributed by atoms with Gasteiger partial charge in [-0.2, -0.15) is 0 Å². The summed E-state index contributed by atoms with van der Waals surface area (Å²) in [7, 11) is 1.10. The summed E-state index contributed by atoms with van der Waals surface area (Å²) < 4.78 is 0. The van der Waals surface area contributed by atoms with Crippen LogP contribution in [0.1, 0.15) is 31.9 Å². The Labute approximate surface area is 188 Å². The van der Waals surface area contributed by atoms with E-state index in [0.29, 0.717) is 0 Å².